The molecular weight excluding hydrogens is 262 g/mol. The van der Waals surface area contributed by atoms with Crippen LogP contribution in [-0.4, -0.2) is 17.8 Å². The predicted molar refractivity (Wildman–Crippen MR) is 90.5 cm³/mol. The SMILES string of the molecule is CCNC1CCC(C(C)C)CC1Sc1ccc(C)cc1. The van der Waals surface area contributed by atoms with Gasteiger partial charge in [0.25, 0.3) is 0 Å². The van der Waals surface area contributed by atoms with E-state index in [0.29, 0.717) is 6.04 Å². The van der Waals surface area contributed by atoms with Gasteiger partial charge in [-0.3, -0.25) is 0 Å². The van der Waals surface area contributed by atoms with Gasteiger partial charge in [0, 0.05) is 16.2 Å². The van der Waals surface area contributed by atoms with Gasteiger partial charge < -0.3 is 5.32 Å². The van der Waals surface area contributed by atoms with E-state index < -0.39 is 0 Å². The molecule has 0 radical (unpaired) electrons. The van der Waals surface area contributed by atoms with E-state index in [2.05, 4.69) is 69.0 Å². The maximum Gasteiger partial charge on any atom is 0.0251 e. The van der Waals surface area contributed by atoms with Crippen molar-refractivity contribution in [3.8, 4) is 0 Å². The first-order chi connectivity index (χ1) is 9.60. The number of nitrogens with one attached hydrogen (secondary N) is 1. The second kappa shape index (κ2) is 7.51. The molecule has 1 aromatic rings. The zero-order valence-corrected chi connectivity index (χ0v) is 14.2. The van der Waals surface area contributed by atoms with E-state index in [1.165, 1.54) is 29.7 Å². The molecule has 1 aliphatic carbocycles. The fourth-order valence-corrected chi connectivity index (χ4v) is 4.57. The van der Waals surface area contributed by atoms with Crippen LogP contribution in [0.4, 0.5) is 0 Å². The van der Waals surface area contributed by atoms with E-state index in [1.54, 1.807) is 0 Å². The highest BCUT2D eigenvalue weighted by Gasteiger charge is 2.31. The van der Waals surface area contributed by atoms with E-state index in [9.17, 15) is 0 Å². The molecule has 2 rings (SSSR count). The normalized spacial score (nSPS) is 26.9. The molecule has 0 heterocycles. The van der Waals surface area contributed by atoms with Crippen molar-refractivity contribution in [1.82, 2.24) is 5.32 Å². The van der Waals surface area contributed by atoms with Gasteiger partial charge in [0.05, 0.1) is 0 Å². The van der Waals surface area contributed by atoms with Gasteiger partial charge in [-0.25, -0.2) is 0 Å². The fourth-order valence-electron chi connectivity index (χ4n) is 3.18. The third-order valence-electron chi connectivity index (χ3n) is 4.55. The number of aryl methyl sites for hydroxylation is 1. The van der Waals surface area contributed by atoms with Gasteiger partial charge in [-0.15, -0.1) is 11.8 Å². The molecule has 0 aliphatic heterocycles. The minimum atomic E-state index is 0.682. The highest BCUT2D eigenvalue weighted by molar-refractivity contribution is 8.00. The molecule has 0 spiro atoms. The Balaban J connectivity index is 2.04. The second-order valence-corrected chi connectivity index (χ2v) is 7.76. The lowest BCUT2D eigenvalue weighted by atomic mass is 9.79. The van der Waals surface area contributed by atoms with Crippen molar-refractivity contribution in [1.29, 1.82) is 0 Å². The van der Waals surface area contributed by atoms with Crippen molar-refractivity contribution in [2.45, 2.75) is 63.1 Å². The van der Waals surface area contributed by atoms with Crippen LogP contribution in [0.5, 0.6) is 0 Å². The summed E-state index contributed by atoms with van der Waals surface area (Å²) in [7, 11) is 0. The predicted octanol–water partition coefficient (Wildman–Crippen LogP) is 4.89. The summed E-state index contributed by atoms with van der Waals surface area (Å²) in [6, 6.07) is 9.70. The van der Waals surface area contributed by atoms with Crippen molar-refractivity contribution in [2.75, 3.05) is 6.54 Å². The maximum absolute atomic E-state index is 3.70. The lowest BCUT2D eigenvalue weighted by Gasteiger charge is -2.38. The van der Waals surface area contributed by atoms with Crippen LogP contribution in [0.2, 0.25) is 0 Å². The molecule has 20 heavy (non-hydrogen) atoms. The Kier molecular flexibility index (Phi) is 5.98. The van der Waals surface area contributed by atoms with Gasteiger partial charge in [-0.1, -0.05) is 38.5 Å². The minimum Gasteiger partial charge on any atom is -0.313 e. The van der Waals surface area contributed by atoms with Crippen LogP contribution in [0.1, 0.15) is 45.6 Å². The summed E-state index contributed by atoms with van der Waals surface area (Å²) in [4.78, 5) is 1.42. The van der Waals surface area contributed by atoms with Crippen molar-refractivity contribution < 1.29 is 0 Å². The number of rotatable bonds is 5. The second-order valence-electron chi connectivity index (χ2n) is 6.45. The Bertz CT molecular complexity index is 398. The highest BCUT2D eigenvalue weighted by atomic mass is 32.2. The lowest BCUT2D eigenvalue weighted by Crippen LogP contribution is -2.43. The van der Waals surface area contributed by atoms with Gasteiger partial charge in [-0.05, 0) is 56.7 Å². The van der Waals surface area contributed by atoms with E-state index in [4.69, 9.17) is 0 Å². The van der Waals surface area contributed by atoms with Crippen LogP contribution in [0.3, 0.4) is 0 Å². The molecule has 0 amide bonds. The summed E-state index contributed by atoms with van der Waals surface area (Å²) in [5.74, 6) is 1.71. The Morgan fingerprint density at radius 1 is 1.20 bits per heavy atom. The molecule has 3 unspecified atom stereocenters. The average molecular weight is 292 g/mol. The summed E-state index contributed by atoms with van der Waals surface area (Å²) in [5, 5.41) is 4.43. The third-order valence-corrected chi connectivity index (χ3v) is 5.92. The molecular formula is C18H29NS. The van der Waals surface area contributed by atoms with Crippen LogP contribution in [0.25, 0.3) is 0 Å². The monoisotopic (exact) mass is 291 g/mol. The molecule has 1 fully saturated rings. The Labute approximate surface area is 128 Å². The zero-order valence-electron chi connectivity index (χ0n) is 13.4. The zero-order chi connectivity index (χ0) is 14.5. The molecule has 1 aromatic carbocycles. The summed E-state index contributed by atoms with van der Waals surface area (Å²) in [5.41, 5.74) is 1.35. The Morgan fingerprint density at radius 3 is 2.50 bits per heavy atom. The smallest absolute Gasteiger partial charge is 0.0251 e. The molecule has 1 aliphatic rings. The molecule has 0 saturated heterocycles. The van der Waals surface area contributed by atoms with E-state index in [-0.39, 0.29) is 0 Å². The van der Waals surface area contributed by atoms with Gasteiger partial charge >= 0.3 is 0 Å². The van der Waals surface area contributed by atoms with Gasteiger partial charge in [0.15, 0.2) is 0 Å². The first-order valence-electron chi connectivity index (χ1n) is 8.06. The van der Waals surface area contributed by atoms with Gasteiger partial charge in [-0.2, -0.15) is 0 Å². The molecule has 1 saturated carbocycles. The summed E-state index contributed by atoms with van der Waals surface area (Å²) >= 11 is 2.08. The first-order valence-corrected chi connectivity index (χ1v) is 8.94. The lowest BCUT2D eigenvalue weighted by molar-refractivity contribution is 0.247. The first kappa shape index (κ1) is 15.9. The molecule has 2 heteroatoms. The molecule has 1 nitrogen and oxygen atoms in total. The largest absolute Gasteiger partial charge is 0.313 e. The molecule has 0 bridgehead atoms. The van der Waals surface area contributed by atoms with Crippen LogP contribution in [0, 0.1) is 18.8 Å². The minimum absolute atomic E-state index is 0.682. The Hall–Kier alpha value is -0.470. The third kappa shape index (κ3) is 4.26. The summed E-state index contributed by atoms with van der Waals surface area (Å²) in [6.07, 6.45) is 4.08. The molecule has 112 valence electrons. The summed E-state index contributed by atoms with van der Waals surface area (Å²) in [6.45, 7) is 10.2. The van der Waals surface area contributed by atoms with Crippen molar-refractivity contribution in [2.24, 2.45) is 11.8 Å². The van der Waals surface area contributed by atoms with Gasteiger partial charge in [0.1, 0.15) is 0 Å². The van der Waals surface area contributed by atoms with Crippen LogP contribution in [0.15, 0.2) is 29.2 Å². The number of thioether (sulfide) groups is 1. The maximum atomic E-state index is 3.70. The van der Waals surface area contributed by atoms with Crippen molar-refractivity contribution >= 4 is 11.8 Å². The topological polar surface area (TPSA) is 12.0 Å². The molecule has 3 atom stereocenters. The Morgan fingerprint density at radius 2 is 1.90 bits per heavy atom. The average Bonchev–Trinajstić information content (AvgIpc) is 2.43. The van der Waals surface area contributed by atoms with E-state index >= 15 is 0 Å². The number of hydrogen-bond donors (Lipinski definition) is 1. The van der Waals surface area contributed by atoms with Crippen LogP contribution in [-0.2, 0) is 0 Å². The quantitative estimate of drug-likeness (QED) is 0.829. The van der Waals surface area contributed by atoms with E-state index in [1.807, 2.05) is 0 Å². The van der Waals surface area contributed by atoms with E-state index in [0.717, 1.165) is 23.6 Å². The van der Waals surface area contributed by atoms with Gasteiger partial charge in [0.2, 0.25) is 0 Å². The summed E-state index contributed by atoms with van der Waals surface area (Å²) < 4.78 is 0. The van der Waals surface area contributed by atoms with Crippen molar-refractivity contribution in [3.63, 3.8) is 0 Å². The number of hydrogen-bond acceptors (Lipinski definition) is 2. The fraction of sp³-hybridized carbons (Fsp3) is 0.667. The number of benzene rings is 1. The standard InChI is InChI=1S/C18H29NS/c1-5-19-17-11-8-15(13(2)3)12-18(17)20-16-9-6-14(4)7-10-16/h6-7,9-10,13,15,17-19H,5,8,11-12H2,1-4H3. The van der Waals surface area contributed by atoms with Crippen LogP contribution >= 0.6 is 11.8 Å². The van der Waals surface area contributed by atoms with Crippen LogP contribution < -0.4 is 5.32 Å². The molecule has 1 N–H and O–H groups in total. The molecule has 0 aromatic heterocycles. The highest BCUT2D eigenvalue weighted by Crippen LogP contribution is 2.39. The van der Waals surface area contributed by atoms with Crippen molar-refractivity contribution in [3.05, 3.63) is 29.8 Å².